The van der Waals surface area contributed by atoms with Crippen molar-refractivity contribution >= 4 is 0 Å². The predicted octanol–water partition coefficient (Wildman–Crippen LogP) is 1.97. The van der Waals surface area contributed by atoms with Crippen LogP contribution in [0.3, 0.4) is 0 Å². The number of rotatable bonds is 3. The lowest BCUT2D eigenvalue weighted by Crippen LogP contribution is -2.53. The molecule has 1 aromatic carbocycles. The van der Waals surface area contributed by atoms with Crippen molar-refractivity contribution in [3.63, 3.8) is 0 Å². The van der Waals surface area contributed by atoms with Gasteiger partial charge in [0.05, 0.1) is 0 Å². The molecule has 110 valence electrons. The van der Waals surface area contributed by atoms with Gasteiger partial charge >= 0.3 is 0 Å². The Labute approximate surface area is 123 Å². The van der Waals surface area contributed by atoms with E-state index in [2.05, 4.69) is 59.4 Å². The van der Waals surface area contributed by atoms with E-state index in [-0.39, 0.29) is 0 Å². The van der Waals surface area contributed by atoms with Crippen LogP contribution < -0.4 is 5.32 Å². The molecule has 3 unspecified atom stereocenters. The Bertz CT molecular complexity index is 420. The molecule has 2 aliphatic heterocycles. The standard InChI is InChI=1S/C17H27N3/c1-3-14-11-18-12-16(14)20-10-9-19(2)13-17(20)15-7-5-4-6-8-15/h4-8,14,16-18H,3,9-13H2,1-2H3. The minimum absolute atomic E-state index is 0.550. The summed E-state index contributed by atoms with van der Waals surface area (Å²) in [5.41, 5.74) is 1.47. The van der Waals surface area contributed by atoms with E-state index in [0.29, 0.717) is 12.1 Å². The van der Waals surface area contributed by atoms with Crippen LogP contribution in [0.4, 0.5) is 0 Å². The summed E-state index contributed by atoms with van der Waals surface area (Å²) < 4.78 is 0. The van der Waals surface area contributed by atoms with Crippen molar-refractivity contribution in [2.24, 2.45) is 5.92 Å². The summed E-state index contributed by atoms with van der Waals surface area (Å²) in [5, 5.41) is 3.60. The van der Waals surface area contributed by atoms with Crippen molar-refractivity contribution in [2.45, 2.75) is 25.4 Å². The van der Waals surface area contributed by atoms with Gasteiger partial charge in [0.2, 0.25) is 0 Å². The number of hydrogen-bond acceptors (Lipinski definition) is 3. The maximum absolute atomic E-state index is 3.60. The van der Waals surface area contributed by atoms with Crippen LogP contribution in [0, 0.1) is 5.92 Å². The molecule has 3 nitrogen and oxygen atoms in total. The molecule has 1 aromatic rings. The predicted molar refractivity (Wildman–Crippen MR) is 83.8 cm³/mol. The van der Waals surface area contributed by atoms with E-state index < -0.39 is 0 Å². The second kappa shape index (κ2) is 6.25. The van der Waals surface area contributed by atoms with E-state index in [9.17, 15) is 0 Å². The molecule has 0 aromatic heterocycles. The fraction of sp³-hybridized carbons (Fsp3) is 0.647. The van der Waals surface area contributed by atoms with Gasteiger partial charge in [-0.3, -0.25) is 4.90 Å². The van der Waals surface area contributed by atoms with Gasteiger partial charge in [-0.2, -0.15) is 0 Å². The number of likely N-dealkylation sites (N-methyl/N-ethyl adjacent to an activating group) is 1. The number of nitrogens with one attached hydrogen (secondary N) is 1. The van der Waals surface area contributed by atoms with Crippen molar-refractivity contribution in [3.8, 4) is 0 Å². The number of hydrogen-bond donors (Lipinski definition) is 1. The Morgan fingerprint density at radius 2 is 1.95 bits per heavy atom. The van der Waals surface area contributed by atoms with Gasteiger partial charge in [-0.05, 0) is 25.1 Å². The van der Waals surface area contributed by atoms with Crippen LogP contribution >= 0.6 is 0 Å². The van der Waals surface area contributed by atoms with Gasteiger partial charge in [0.15, 0.2) is 0 Å². The molecule has 0 aliphatic carbocycles. The quantitative estimate of drug-likeness (QED) is 0.908. The maximum atomic E-state index is 3.60. The van der Waals surface area contributed by atoms with Crippen LogP contribution in [-0.4, -0.2) is 55.6 Å². The topological polar surface area (TPSA) is 18.5 Å². The van der Waals surface area contributed by atoms with Crippen LogP contribution in [0.1, 0.15) is 24.9 Å². The molecule has 2 saturated heterocycles. The van der Waals surface area contributed by atoms with Crippen LogP contribution in [0.2, 0.25) is 0 Å². The zero-order valence-electron chi connectivity index (χ0n) is 12.8. The molecule has 2 heterocycles. The molecule has 20 heavy (non-hydrogen) atoms. The molecular formula is C17H27N3. The molecule has 0 bridgehead atoms. The van der Waals surface area contributed by atoms with Crippen molar-refractivity contribution in [2.75, 3.05) is 39.8 Å². The molecule has 2 fully saturated rings. The Kier molecular flexibility index (Phi) is 4.39. The summed E-state index contributed by atoms with van der Waals surface area (Å²) in [5.74, 6) is 0.810. The first-order chi connectivity index (χ1) is 9.79. The van der Waals surface area contributed by atoms with Crippen molar-refractivity contribution in [3.05, 3.63) is 35.9 Å². The van der Waals surface area contributed by atoms with Gasteiger partial charge in [-0.15, -0.1) is 0 Å². The first kappa shape index (κ1) is 14.1. The molecule has 3 atom stereocenters. The Hall–Kier alpha value is -0.900. The minimum atomic E-state index is 0.550. The van der Waals surface area contributed by atoms with Crippen LogP contribution in [0.15, 0.2) is 30.3 Å². The van der Waals surface area contributed by atoms with E-state index >= 15 is 0 Å². The van der Waals surface area contributed by atoms with E-state index in [1.54, 1.807) is 0 Å². The maximum Gasteiger partial charge on any atom is 0.0479 e. The lowest BCUT2D eigenvalue weighted by atomic mass is 9.94. The number of benzene rings is 1. The molecular weight excluding hydrogens is 246 g/mol. The van der Waals surface area contributed by atoms with Crippen molar-refractivity contribution in [1.29, 1.82) is 0 Å². The van der Waals surface area contributed by atoms with E-state index in [0.717, 1.165) is 19.0 Å². The van der Waals surface area contributed by atoms with Crippen LogP contribution in [0.25, 0.3) is 0 Å². The zero-order chi connectivity index (χ0) is 13.9. The minimum Gasteiger partial charge on any atom is -0.315 e. The van der Waals surface area contributed by atoms with E-state index in [1.807, 2.05) is 0 Å². The molecule has 3 rings (SSSR count). The number of piperazine rings is 1. The Morgan fingerprint density at radius 3 is 2.70 bits per heavy atom. The highest BCUT2D eigenvalue weighted by molar-refractivity contribution is 5.20. The Balaban J connectivity index is 1.83. The fourth-order valence-electron chi connectivity index (χ4n) is 3.83. The highest BCUT2D eigenvalue weighted by atomic mass is 15.3. The fourth-order valence-corrected chi connectivity index (χ4v) is 3.83. The second-order valence-corrected chi connectivity index (χ2v) is 6.32. The normalized spacial score (nSPS) is 32.6. The number of nitrogens with zero attached hydrogens (tertiary/aromatic N) is 2. The molecule has 3 heteroatoms. The molecule has 1 N–H and O–H groups in total. The summed E-state index contributed by atoms with van der Waals surface area (Å²) >= 11 is 0. The monoisotopic (exact) mass is 273 g/mol. The highest BCUT2D eigenvalue weighted by Crippen LogP contribution is 2.31. The lowest BCUT2D eigenvalue weighted by molar-refractivity contribution is 0.0415. The molecule has 2 aliphatic rings. The Morgan fingerprint density at radius 1 is 1.15 bits per heavy atom. The third-order valence-corrected chi connectivity index (χ3v) is 5.06. The molecule has 0 spiro atoms. The second-order valence-electron chi connectivity index (χ2n) is 6.32. The summed E-state index contributed by atoms with van der Waals surface area (Å²) in [6, 6.07) is 12.3. The van der Waals surface area contributed by atoms with Crippen LogP contribution in [-0.2, 0) is 0 Å². The van der Waals surface area contributed by atoms with Gasteiger partial charge in [0, 0.05) is 38.3 Å². The van der Waals surface area contributed by atoms with Crippen molar-refractivity contribution in [1.82, 2.24) is 15.1 Å². The first-order valence-corrected chi connectivity index (χ1v) is 7.99. The van der Waals surface area contributed by atoms with Gasteiger partial charge in [0.1, 0.15) is 0 Å². The molecule has 0 amide bonds. The molecule has 0 radical (unpaired) electrons. The van der Waals surface area contributed by atoms with E-state index in [4.69, 9.17) is 0 Å². The molecule has 0 saturated carbocycles. The van der Waals surface area contributed by atoms with Gasteiger partial charge in [0.25, 0.3) is 0 Å². The van der Waals surface area contributed by atoms with Gasteiger partial charge in [-0.25, -0.2) is 0 Å². The van der Waals surface area contributed by atoms with Crippen molar-refractivity contribution < 1.29 is 0 Å². The van der Waals surface area contributed by atoms with Gasteiger partial charge in [-0.1, -0.05) is 43.7 Å². The smallest absolute Gasteiger partial charge is 0.0479 e. The zero-order valence-corrected chi connectivity index (χ0v) is 12.8. The summed E-state index contributed by atoms with van der Waals surface area (Å²) in [6.45, 7) is 8.21. The average Bonchev–Trinajstić information content (AvgIpc) is 2.96. The highest BCUT2D eigenvalue weighted by Gasteiger charge is 2.37. The summed E-state index contributed by atoms with van der Waals surface area (Å²) in [7, 11) is 2.25. The van der Waals surface area contributed by atoms with Gasteiger partial charge < -0.3 is 10.2 Å². The third-order valence-electron chi connectivity index (χ3n) is 5.06. The largest absolute Gasteiger partial charge is 0.315 e. The first-order valence-electron chi connectivity index (χ1n) is 7.99. The third kappa shape index (κ3) is 2.76. The SMILES string of the molecule is CCC1CNCC1N1CCN(C)CC1c1ccccc1. The van der Waals surface area contributed by atoms with E-state index in [1.165, 1.54) is 31.6 Å². The lowest BCUT2D eigenvalue weighted by Gasteiger charge is -2.45. The average molecular weight is 273 g/mol. The summed E-state index contributed by atoms with van der Waals surface area (Å²) in [4.78, 5) is 5.24. The van der Waals surface area contributed by atoms with Crippen LogP contribution in [0.5, 0.6) is 0 Å². The summed E-state index contributed by atoms with van der Waals surface area (Å²) in [6.07, 6.45) is 1.28.